The number of benzene rings is 1. The smallest absolute Gasteiger partial charge is 0.223 e. The van der Waals surface area contributed by atoms with Gasteiger partial charge in [-0.25, -0.2) is 0 Å². The van der Waals surface area contributed by atoms with E-state index in [0.717, 1.165) is 30.2 Å². The number of carbonyl (C=O) groups excluding carboxylic acids is 1. The molecule has 5 heteroatoms. The van der Waals surface area contributed by atoms with Gasteiger partial charge in [0.25, 0.3) is 0 Å². The van der Waals surface area contributed by atoms with Crippen molar-refractivity contribution in [1.82, 2.24) is 10.6 Å². The fourth-order valence-corrected chi connectivity index (χ4v) is 2.48. The second-order valence-electron chi connectivity index (χ2n) is 5.55. The van der Waals surface area contributed by atoms with Crippen LogP contribution in [0.4, 0.5) is 0 Å². The fourth-order valence-electron chi connectivity index (χ4n) is 2.48. The van der Waals surface area contributed by atoms with Gasteiger partial charge in [0.05, 0.1) is 20.3 Å². The molecule has 21 heavy (non-hydrogen) atoms. The molecule has 0 spiro atoms. The van der Waals surface area contributed by atoms with Crippen LogP contribution < -0.4 is 20.1 Å². The number of rotatable bonds is 6. The lowest BCUT2D eigenvalue weighted by Gasteiger charge is -2.32. The van der Waals surface area contributed by atoms with Crippen LogP contribution in [0, 0.1) is 11.8 Å². The van der Waals surface area contributed by atoms with E-state index < -0.39 is 0 Å². The quantitative estimate of drug-likeness (QED) is 0.838. The van der Waals surface area contributed by atoms with Gasteiger partial charge >= 0.3 is 0 Å². The predicted octanol–water partition coefficient (Wildman–Crippen LogP) is 1.74. The molecule has 0 saturated carbocycles. The van der Waals surface area contributed by atoms with Gasteiger partial charge in [0.15, 0.2) is 0 Å². The molecule has 2 atom stereocenters. The van der Waals surface area contributed by atoms with Crippen molar-refractivity contribution in [1.29, 1.82) is 0 Å². The van der Waals surface area contributed by atoms with E-state index in [4.69, 9.17) is 9.47 Å². The number of nitrogens with one attached hydrogen (secondary N) is 2. The highest BCUT2D eigenvalue weighted by atomic mass is 16.5. The first-order valence-electron chi connectivity index (χ1n) is 7.29. The SMILES string of the molecule is COc1ccc(OC)c(C(C)NC(=O)C(C)C2CNC2)c1. The highest BCUT2D eigenvalue weighted by Gasteiger charge is 2.29. The third-order valence-corrected chi connectivity index (χ3v) is 4.20. The van der Waals surface area contributed by atoms with Crippen LogP contribution >= 0.6 is 0 Å². The summed E-state index contributed by atoms with van der Waals surface area (Å²) >= 11 is 0. The zero-order valence-electron chi connectivity index (χ0n) is 13.1. The van der Waals surface area contributed by atoms with Gasteiger partial charge in [-0.2, -0.15) is 0 Å². The molecule has 116 valence electrons. The number of ether oxygens (including phenoxy) is 2. The summed E-state index contributed by atoms with van der Waals surface area (Å²) in [5.41, 5.74) is 0.920. The van der Waals surface area contributed by atoms with Crippen LogP contribution in [0.15, 0.2) is 18.2 Å². The van der Waals surface area contributed by atoms with Gasteiger partial charge in [-0.3, -0.25) is 4.79 Å². The van der Waals surface area contributed by atoms with Gasteiger partial charge < -0.3 is 20.1 Å². The molecule has 0 aromatic heterocycles. The monoisotopic (exact) mass is 292 g/mol. The maximum absolute atomic E-state index is 12.3. The molecule has 1 heterocycles. The van der Waals surface area contributed by atoms with E-state index in [1.165, 1.54) is 0 Å². The Hall–Kier alpha value is -1.75. The van der Waals surface area contributed by atoms with Crippen molar-refractivity contribution in [2.75, 3.05) is 27.3 Å². The standard InChI is InChI=1S/C16H24N2O3/c1-10(12-8-17-9-12)16(19)18-11(2)14-7-13(20-3)5-6-15(14)21-4/h5-7,10-12,17H,8-9H2,1-4H3,(H,18,19). The summed E-state index contributed by atoms with van der Waals surface area (Å²) in [5.74, 6) is 2.04. The minimum absolute atomic E-state index is 0.0188. The maximum Gasteiger partial charge on any atom is 0.223 e. The molecule has 5 nitrogen and oxygen atoms in total. The highest BCUT2D eigenvalue weighted by Crippen LogP contribution is 2.29. The van der Waals surface area contributed by atoms with Gasteiger partial charge in [-0.05, 0) is 44.1 Å². The van der Waals surface area contributed by atoms with Crippen molar-refractivity contribution >= 4 is 5.91 Å². The second-order valence-corrected chi connectivity index (χ2v) is 5.55. The van der Waals surface area contributed by atoms with Crippen LogP contribution in [0.1, 0.15) is 25.5 Å². The molecule has 1 aromatic rings. The first-order chi connectivity index (χ1) is 10.1. The summed E-state index contributed by atoms with van der Waals surface area (Å²) in [6, 6.07) is 5.48. The molecule has 0 radical (unpaired) electrons. The van der Waals surface area contributed by atoms with E-state index in [1.807, 2.05) is 32.0 Å². The van der Waals surface area contributed by atoms with E-state index in [0.29, 0.717) is 5.92 Å². The molecule has 1 amide bonds. The fraction of sp³-hybridized carbons (Fsp3) is 0.562. The maximum atomic E-state index is 12.3. The number of amides is 1. The molecule has 1 saturated heterocycles. The van der Waals surface area contributed by atoms with Gasteiger partial charge in [-0.1, -0.05) is 6.92 Å². The molecule has 2 rings (SSSR count). The lowest BCUT2D eigenvalue weighted by atomic mass is 9.88. The van der Waals surface area contributed by atoms with Crippen molar-refractivity contribution in [3.05, 3.63) is 23.8 Å². The summed E-state index contributed by atoms with van der Waals surface area (Å²) in [7, 11) is 3.25. The van der Waals surface area contributed by atoms with Crippen LogP contribution in [-0.2, 0) is 4.79 Å². The van der Waals surface area contributed by atoms with E-state index in [9.17, 15) is 4.79 Å². The van der Waals surface area contributed by atoms with Crippen LogP contribution in [0.5, 0.6) is 11.5 Å². The summed E-state index contributed by atoms with van der Waals surface area (Å²) in [6.45, 7) is 5.79. The topological polar surface area (TPSA) is 59.6 Å². The Morgan fingerprint density at radius 1 is 1.29 bits per heavy atom. The lowest BCUT2D eigenvalue weighted by molar-refractivity contribution is -0.127. The second kappa shape index (κ2) is 6.80. The molecule has 1 aliphatic rings. The van der Waals surface area contributed by atoms with Gasteiger partial charge in [0, 0.05) is 11.5 Å². The zero-order chi connectivity index (χ0) is 15.4. The molecular formula is C16H24N2O3. The molecule has 1 fully saturated rings. The van der Waals surface area contributed by atoms with Crippen LogP contribution in [-0.4, -0.2) is 33.2 Å². The first-order valence-corrected chi connectivity index (χ1v) is 7.29. The van der Waals surface area contributed by atoms with E-state index in [2.05, 4.69) is 10.6 Å². The predicted molar refractivity (Wildman–Crippen MR) is 81.6 cm³/mol. The summed E-state index contributed by atoms with van der Waals surface area (Å²) in [4.78, 5) is 12.3. The third-order valence-electron chi connectivity index (χ3n) is 4.20. The average molecular weight is 292 g/mol. The zero-order valence-corrected chi connectivity index (χ0v) is 13.1. The Morgan fingerprint density at radius 2 is 2.00 bits per heavy atom. The van der Waals surface area contributed by atoms with Crippen molar-refractivity contribution in [3.8, 4) is 11.5 Å². The Morgan fingerprint density at radius 3 is 2.52 bits per heavy atom. The average Bonchev–Trinajstić information content (AvgIpc) is 2.44. The normalized spacial score (nSPS) is 17.5. The van der Waals surface area contributed by atoms with E-state index in [1.54, 1.807) is 14.2 Å². The molecule has 2 unspecified atom stereocenters. The summed E-state index contributed by atoms with van der Waals surface area (Å²) in [5, 5.41) is 6.27. The molecule has 1 aromatic carbocycles. The number of carbonyl (C=O) groups is 1. The summed E-state index contributed by atoms with van der Waals surface area (Å²) in [6.07, 6.45) is 0. The Balaban J connectivity index is 2.07. The van der Waals surface area contributed by atoms with Gasteiger partial charge in [0.1, 0.15) is 11.5 Å². The van der Waals surface area contributed by atoms with Crippen LogP contribution in [0.2, 0.25) is 0 Å². The van der Waals surface area contributed by atoms with Crippen LogP contribution in [0.25, 0.3) is 0 Å². The Bertz CT molecular complexity index is 500. The number of methoxy groups -OCH3 is 2. The van der Waals surface area contributed by atoms with Crippen molar-refractivity contribution < 1.29 is 14.3 Å². The molecule has 2 N–H and O–H groups in total. The molecule has 1 aliphatic heterocycles. The largest absolute Gasteiger partial charge is 0.497 e. The molecule has 0 aliphatic carbocycles. The minimum Gasteiger partial charge on any atom is -0.497 e. The van der Waals surface area contributed by atoms with Gasteiger partial charge in [0.2, 0.25) is 5.91 Å². The van der Waals surface area contributed by atoms with Crippen molar-refractivity contribution in [3.63, 3.8) is 0 Å². The van der Waals surface area contributed by atoms with Crippen molar-refractivity contribution in [2.24, 2.45) is 11.8 Å². The Kier molecular flexibility index (Phi) is 5.07. The van der Waals surface area contributed by atoms with Gasteiger partial charge in [-0.15, -0.1) is 0 Å². The van der Waals surface area contributed by atoms with E-state index in [-0.39, 0.29) is 17.9 Å². The van der Waals surface area contributed by atoms with Crippen molar-refractivity contribution in [2.45, 2.75) is 19.9 Å². The van der Waals surface area contributed by atoms with Crippen LogP contribution in [0.3, 0.4) is 0 Å². The van der Waals surface area contributed by atoms with E-state index >= 15 is 0 Å². The number of hydrogen-bond acceptors (Lipinski definition) is 4. The summed E-state index contributed by atoms with van der Waals surface area (Å²) < 4.78 is 10.6. The molecule has 0 bridgehead atoms. The third kappa shape index (κ3) is 3.47. The minimum atomic E-state index is -0.127. The first kappa shape index (κ1) is 15.6. The molecular weight excluding hydrogens is 268 g/mol. The number of hydrogen-bond donors (Lipinski definition) is 2. The lowest BCUT2D eigenvalue weighted by Crippen LogP contribution is -2.49. The Labute approximate surface area is 126 Å². The highest BCUT2D eigenvalue weighted by molar-refractivity contribution is 5.79.